The second kappa shape index (κ2) is 7.78. The first-order chi connectivity index (χ1) is 9.86. The molecule has 1 rings (SSSR count). The highest BCUT2D eigenvalue weighted by Crippen LogP contribution is 2.08. The van der Waals surface area contributed by atoms with Gasteiger partial charge in [-0.3, -0.25) is 9.59 Å². The van der Waals surface area contributed by atoms with Gasteiger partial charge in [0.15, 0.2) is 0 Å². The van der Waals surface area contributed by atoms with Gasteiger partial charge in [-0.05, 0) is 25.8 Å². The van der Waals surface area contributed by atoms with Gasteiger partial charge in [0.2, 0.25) is 11.8 Å². The second-order valence-corrected chi connectivity index (χ2v) is 5.57. The number of carbonyl (C=O) groups excluding carboxylic acids is 2. The molecule has 21 heavy (non-hydrogen) atoms. The number of nitrogens with two attached hydrogens (primary N) is 1. The van der Waals surface area contributed by atoms with Crippen LogP contribution in [-0.4, -0.2) is 23.4 Å². The summed E-state index contributed by atoms with van der Waals surface area (Å²) >= 11 is 0. The lowest BCUT2D eigenvalue weighted by atomic mass is 9.96. The lowest BCUT2D eigenvalue weighted by Crippen LogP contribution is -2.56. The fourth-order valence-corrected chi connectivity index (χ4v) is 2.00. The predicted molar refractivity (Wildman–Crippen MR) is 83.4 cm³/mol. The zero-order valence-electron chi connectivity index (χ0n) is 13.0. The van der Waals surface area contributed by atoms with E-state index in [0.717, 1.165) is 12.0 Å². The van der Waals surface area contributed by atoms with Crippen molar-refractivity contribution in [1.82, 2.24) is 10.6 Å². The standard InChI is InChI=1S/C16H25N3O2/c1-4-10-16(3,17)15(21)19-12(2)14(20)18-11-13-8-6-5-7-9-13/h5-9,12H,4,10-11,17H2,1-3H3,(H,18,20)(H,19,21). The fourth-order valence-electron chi connectivity index (χ4n) is 2.00. The zero-order valence-corrected chi connectivity index (χ0v) is 13.0. The van der Waals surface area contributed by atoms with Gasteiger partial charge in [0, 0.05) is 6.54 Å². The van der Waals surface area contributed by atoms with Crippen LogP contribution >= 0.6 is 0 Å². The maximum absolute atomic E-state index is 12.0. The predicted octanol–water partition coefficient (Wildman–Crippen LogP) is 1.33. The van der Waals surface area contributed by atoms with E-state index in [9.17, 15) is 9.59 Å². The molecule has 1 aromatic carbocycles. The molecule has 0 aliphatic carbocycles. The molecule has 0 bridgehead atoms. The average molecular weight is 291 g/mol. The van der Waals surface area contributed by atoms with E-state index in [4.69, 9.17) is 5.73 Å². The van der Waals surface area contributed by atoms with Crippen LogP contribution < -0.4 is 16.4 Å². The van der Waals surface area contributed by atoms with Crippen molar-refractivity contribution in [3.8, 4) is 0 Å². The van der Waals surface area contributed by atoms with Gasteiger partial charge in [-0.1, -0.05) is 43.7 Å². The number of nitrogens with one attached hydrogen (secondary N) is 2. The third-order valence-electron chi connectivity index (χ3n) is 3.34. The Bertz CT molecular complexity index is 472. The van der Waals surface area contributed by atoms with E-state index in [2.05, 4.69) is 10.6 Å². The molecule has 2 amide bonds. The lowest BCUT2D eigenvalue weighted by Gasteiger charge is -2.25. The molecule has 0 fully saturated rings. The highest BCUT2D eigenvalue weighted by molar-refractivity contribution is 5.91. The summed E-state index contributed by atoms with van der Waals surface area (Å²) in [7, 11) is 0. The molecule has 1 aromatic rings. The first kappa shape index (κ1) is 17.2. The van der Waals surface area contributed by atoms with E-state index in [0.29, 0.717) is 13.0 Å². The topological polar surface area (TPSA) is 84.2 Å². The van der Waals surface area contributed by atoms with Gasteiger partial charge < -0.3 is 16.4 Å². The molecule has 0 aliphatic heterocycles. The van der Waals surface area contributed by atoms with Gasteiger partial charge in [-0.25, -0.2) is 0 Å². The Labute approximate surface area is 126 Å². The highest BCUT2D eigenvalue weighted by atomic mass is 16.2. The molecule has 0 spiro atoms. The monoisotopic (exact) mass is 291 g/mol. The van der Waals surface area contributed by atoms with Crippen LogP contribution in [0.5, 0.6) is 0 Å². The molecular formula is C16H25N3O2. The average Bonchev–Trinajstić information content (AvgIpc) is 2.45. The van der Waals surface area contributed by atoms with Crippen LogP contribution in [0.25, 0.3) is 0 Å². The van der Waals surface area contributed by atoms with Crippen LogP contribution in [-0.2, 0) is 16.1 Å². The molecule has 0 radical (unpaired) electrons. The van der Waals surface area contributed by atoms with Gasteiger partial charge in [0.25, 0.3) is 0 Å². The van der Waals surface area contributed by atoms with E-state index in [1.807, 2.05) is 37.3 Å². The van der Waals surface area contributed by atoms with Gasteiger partial charge in [0.05, 0.1) is 5.54 Å². The van der Waals surface area contributed by atoms with Gasteiger partial charge in [-0.15, -0.1) is 0 Å². The summed E-state index contributed by atoms with van der Waals surface area (Å²) in [6, 6.07) is 9.00. The van der Waals surface area contributed by atoms with Gasteiger partial charge >= 0.3 is 0 Å². The second-order valence-electron chi connectivity index (χ2n) is 5.57. The molecule has 5 nitrogen and oxygen atoms in total. The number of carbonyl (C=O) groups is 2. The van der Waals surface area contributed by atoms with E-state index >= 15 is 0 Å². The van der Waals surface area contributed by atoms with Crippen LogP contribution in [0.4, 0.5) is 0 Å². The van der Waals surface area contributed by atoms with Crippen LogP contribution in [0.15, 0.2) is 30.3 Å². The maximum atomic E-state index is 12.0. The maximum Gasteiger partial charge on any atom is 0.242 e. The molecule has 0 heterocycles. The number of rotatable bonds is 7. The minimum Gasteiger partial charge on any atom is -0.350 e. The summed E-state index contributed by atoms with van der Waals surface area (Å²) in [6.45, 7) is 5.74. The van der Waals surface area contributed by atoms with Crippen molar-refractivity contribution < 1.29 is 9.59 Å². The zero-order chi connectivity index (χ0) is 15.9. The van der Waals surface area contributed by atoms with Gasteiger partial charge in [-0.2, -0.15) is 0 Å². The Kier molecular flexibility index (Phi) is 6.37. The number of benzene rings is 1. The first-order valence-electron chi connectivity index (χ1n) is 7.28. The molecule has 4 N–H and O–H groups in total. The van der Waals surface area contributed by atoms with Crippen molar-refractivity contribution in [1.29, 1.82) is 0 Å². The third kappa shape index (κ3) is 5.55. The summed E-state index contributed by atoms with van der Waals surface area (Å²) in [4.78, 5) is 24.0. The van der Waals surface area contributed by atoms with E-state index in [-0.39, 0.29) is 11.8 Å². The van der Waals surface area contributed by atoms with Crippen LogP contribution in [0, 0.1) is 0 Å². The molecule has 116 valence electrons. The Balaban J connectivity index is 2.46. The van der Waals surface area contributed by atoms with E-state index < -0.39 is 11.6 Å². The van der Waals surface area contributed by atoms with Crippen LogP contribution in [0.1, 0.15) is 39.2 Å². The molecule has 0 aliphatic rings. The van der Waals surface area contributed by atoms with Gasteiger partial charge in [0.1, 0.15) is 6.04 Å². The molecule has 2 unspecified atom stereocenters. The minimum absolute atomic E-state index is 0.223. The lowest BCUT2D eigenvalue weighted by molar-refractivity contribution is -0.131. The first-order valence-corrected chi connectivity index (χ1v) is 7.28. The van der Waals surface area contributed by atoms with Crippen molar-refractivity contribution in [2.75, 3.05) is 0 Å². The summed E-state index contributed by atoms with van der Waals surface area (Å²) in [5, 5.41) is 5.46. The van der Waals surface area contributed by atoms with Crippen LogP contribution in [0.2, 0.25) is 0 Å². The fraction of sp³-hybridized carbons (Fsp3) is 0.500. The van der Waals surface area contributed by atoms with Crippen molar-refractivity contribution in [2.45, 2.75) is 51.7 Å². The van der Waals surface area contributed by atoms with Crippen LogP contribution in [0.3, 0.4) is 0 Å². The molecule has 2 atom stereocenters. The Morgan fingerprint density at radius 1 is 1.29 bits per heavy atom. The Morgan fingerprint density at radius 2 is 1.90 bits per heavy atom. The summed E-state index contributed by atoms with van der Waals surface area (Å²) in [5.74, 6) is -0.522. The SMILES string of the molecule is CCCC(C)(N)C(=O)NC(C)C(=O)NCc1ccccc1. The summed E-state index contributed by atoms with van der Waals surface area (Å²) in [5.41, 5.74) is 6.01. The van der Waals surface area contributed by atoms with Crippen molar-refractivity contribution in [2.24, 2.45) is 5.73 Å². The van der Waals surface area contributed by atoms with E-state index in [1.54, 1.807) is 13.8 Å². The molecule has 0 saturated carbocycles. The normalized spacial score (nSPS) is 14.9. The highest BCUT2D eigenvalue weighted by Gasteiger charge is 2.29. The minimum atomic E-state index is -0.942. The molecule has 0 aromatic heterocycles. The molecule has 0 saturated heterocycles. The smallest absolute Gasteiger partial charge is 0.242 e. The van der Waals surface area contributed by atoms with Crippen molar-refractivity contribution in [3.63, 3.8) is 0 Å². The summed E-state index contributed by atoms with van der Waals surface area (Å²) in [6.07, 6.45) is 1.40. The Hall–Kier alpha value is -1.88. The van der Waals surface area contributed by atoms with Crippen molar-refractivity contribution >= 4 is 11.8 Å². The van der Waals surface area contributed by atoms with Crippen molar-refractivity contribution in [3.05, 3.63) is 35.9 Å². The number of hydrogen-bond donors (Lipinski definition) is 3. The largest absolute Gasteiger partial charge is 0.350 e. The number of amides is 2. The number of hydrogen-bond acceptors (Lipinski definition) is 3. The molecular weight excluding hydrogens is 266 g/mol. The molecule has 5 heteroatoms. The Morgan fingerprint density at radius 3 is 2.48 bits per heavy atom. The summed E-state index contributed by atoms with van der Waals surface area (Å²) < 4.78 is 0. The third-order valence-corrected chi connectivity index (χ3v) is 3.34. The quantitative estimate of drug-likeness (QED) is 0.708. The van der Waals surface area contributed by atoms with E-state index in [1.165, 1.54) is 0 Å².